The standard InChI is InChI=1S/C25H27N3O2/c1-17(2)25(28-13-12-27-16-19-6-4-5-7-23(19)28)15-20(14-22(26)24(25)29)18-8-10-21(30-3)11-9-18/h4-11,14-17H,12-13,26H2,1-3H3. The summed E-state index contributed by atoms with van der Waals surface area (Å²) in [4.78, 5) is 20.4. The number of hydrogen-bond donors (Lipinski definition) is 1. The van der Waals surface area contributed by atoms with Crippen LogP contribution in [0.25, 0.3) is 5.57 Å². The first-order chi connectivity index (χ1) is 14.5. The van der Waals surface area contributed by atoms with Crippen LogP contribution < -0.4 is 15.4 Å². The topological polar surface area (TPSA) is 67.9 Å². The van der Waals surface area contributed by atoms with Gasteiger partial charge in [-0.3, -0.25) is 9.79 Å². The summed E-state index contributed by atoms with van der Waals surface area (Å²) in [5.74, 6) is 0.722. The second-order valence-corrected chi connectivity index (χ2v) is 7.98. The Morgan fingerprint density at radius 1 is 1.13 bits per heavy atom. The zero-order valence-electron chi connectivity index (χ0n) is 17.6. The van der Waals surface area contributed by atoms with Crippen LogP contribution in [0, 0.1) is 5.92 Å². The van der Waals surface area contributed by atoms with Crippen molar-refractivity contribution in [1.29, 1.82) is 0 Å². The highest BCUT2D eigenvalue weighted by molar-refractivity contribution is 6.11. The summed E-state index contributed by atoms with van der Waals surface area (Å²) in [6.07, 6.45) is 5.76. The molecule has 2 aliphatic rings. The van der Waals surface area contributed by atoms with Gasteiger partial charge in [0.15, 0.2) is 0 Å². The van der Waals surface area contributed by atoms with Crippen molar-refractivity contribution >= 4 is 23.3 Å². The van der Waals surface area contributed by atoms with Crippen LogP contribution in [0.3, 0.4) is 0 Å². The number of rotatable bonds is 4. The van der Waals surface area contributed by atoms with E-state index in [-0.39, 0.29) is 17.4 Å². The molecule has 0 fully saturated rings. The van der Waals surface area contributed by atoms with Gasteiger partial charge in [0.2, 0.25) is 5.78 Å². The molecule has 30 heavy (non-hydrogen) atoms. The average molecular weight is 402 g/mol. The van der Waals surface area contributed by atoms with Crippen LogP contribution in [0.2, 0.25) is 0 Å². The van der Waals surface area contributed by atoms with Gasteiger partial charge in [0.05, 0.1) is 19.4 Å². The van der Waals surface area contributed by atoms with E-state index in [0.717, 1.165) is 28.1 Å². The summed E-state index contributed by atoms with van der Waals surface area (Å²) >= 11 is 0. The molecule has 0 amide bonds. The number of nitrogens with two attached hydrogens (primary N) is 1. The van der Waals surface area contributed by atoms with E-state index >= 15 is 0 Å². The number of carbonyl (C=O) groups excluding carboxylic acids is 1. The predicted molar refractivity (Wildman–Crippen MR) is 122 cm³/mol. The fourth-order valence-electron chi connectivity index (χ4n) is 4.37. The lowest BCUT2D eigenvalue weighted by Gasteiger charge is -2.47. The summed E-state index contributed by atoms with van der Waals surface area (Å²) in [5, 5.41) is 0. The van der Waals surface area contributed by atoms with Crippen LogP contribution in [0.4, 0.5) is 5.69 Å². The molecule has 0 bridgehead atoms. The van der Waals surface area contributed by atoms with Gasteiger partial charge in [-0.05, 0) is 47.4 Å². The zero-order chi connectivity index (χ0) is 21.3. The van der Waals surface area contributed by atoms with Crippen LogP contribution in [0.15, 0.2) is 71.4 Å². The summed E-state index contributed by atoms with van der Waals surface area (Å²) in [6.45, 7) is 5.41. The number of allylic oxidation sites excluding steroid dienone is 2. The van der Waals surface area contributed by atoms with Crippen LogP contribution in [-0.2, 0) is 4.79 Å². The Bertz CT molecular complexity index is 1050. The van der Waals surface area contributed by atoms with Gasteiger partial charge >= 0.3 is 0 Å². The Labute approximate surface area is 177 Å². The van der Waals surface area contributed by atoms with Gasteiger partial charge in [0, 0.05) is 24.0 Å². The Hall–Kier alpha value is -3.34. The normalized spacial score (nSPS) is 21.1. The van der Waals surface area contributed by atoms with E-state index in [1.165, 1.54) is 0 Å². The molecule has 5 nitrogen and oxygen atoms in total. The van der Waals surface area contributed by atoms with Crippen molar-refractivity contribution in [3.8, 4) is 5.75 Å². The lowest BCUT2D eigenvalue weighted by Crippen LogP contribution is -2.60. The molecule has 154 valence electrons. The number of ketones is 1. The minimum atomic E-state index is -0.891. The molecule has 1 heterocycles. The third-order valence-electron chi connectivity index (χ3n) is 5.97. The fraction of sp³-hybridized carbons (Fsp3) is 0.280. The smallest absolute Gasteiger partial charge is 0.208 e. The Morgan fingerprint density at radius 3 is 2.57 bits per heavy atom. The molecule has 1 atom stereocenters. The molecule has 0 saturated heterocycles. The van der Waals surface area contributed by atoms with Crippen molar-refractivity contribution in [3.05, 3.63) is 77.5 Å². The van der Waals surface area contributed by atoms with Crippen LogP contribution >= 0.6 is 0 Å². The third-order valence-corrected chi connectivity index (χ3v) is 5.97. The third kappa shape index (κ3) is 3.20. The van der Waals surface area contributed by atoms with Gasteiger partial charge < -0.3 is 15.4 Å². The molecule has 0 radical (unpaired) electrons. The number of methoxy groups -OCH3 is 1. The number of benzodiazepines with no additional fused rings is 1. The van der Waals surface area contributed by atoms with E-state index in [4.69, 9.17) is 10.5 Å². The number of para-hydroxylation sites is 1. The summed E-state index contributed by atoms with van der Waals surface area (Å²) in [5.41, 5.74) is 9.66. The van der Waals surface area contributed by atoms with Crippen molar-refractivity contribution in [2.75, 3.05) is 25.1 Å². The van der Waals surface area contributed by atoms with Gasteiger partial charge in [-0.15, -0.1) is 0 Å². The molecule has 0 aromatic heterocycles. The van der Waals surface area contributed by atoms with E-state index in [9.17, 15) is 4.79 Å². The highest BCUT2D eigenvalue weighted by Crippen LogP contribution is 2.41. The molecule has 0 saturated carbocycles. The minimum absolute atomic E-state index is 0.00310. The average Bonchev–Trinajstić information content (AvgIpc) is 2.98. The summed E-state index contributed by atoms with van der Waals surface area (Å²) in [7, 11) is 1.65. The first-order valence-electron chi connectivity index (χ1n) is 10.2. The Balaban J connectivity index is 1.90. The number of carbonyl (C=O) groups is 1. The van der Waals surface area contributed by atoms with Crippen molar-refractivity contribution in [1.82, 2.24) is 0 Å². The van der Waals surface area contributed by atoms with Crippen molar-refractivity contribution in [3.63, 3.8) is 0 Å². The van der Waals surface area contributed by atoms with Crippen molar-refractivity contribution < 1.29 is 9.53 Å². The molecule has 1 aliphatic carbocycles. The number of hydrogen-bond acceptors (Lipinski definition) is 5. The molecule has 5 heteroatoms. The van der Waals surface area contributed by atoms with E-state index in [0.29, 0.717) is 13.1 Å². The molecule has 2 N–H and O–H groups in total. The maximum Gasteiger partial charge on any atom is 0.208 e. The molecule has 0 spiro atoms. The maximum atomic E-state index is 13.6. The zero-order valence-corrected chi connectivity index (χ0v) is 17.6. The first kappa shape index (κ1) is 20.0. The van der Waals surface area contributed by atoms with Gasteiger partial charge in [0.1, 0.15) is 11.3 Å². The highest BCUT2D eigenvalue weighted by Gasteiger charge is 2.48. The van der Waals surface area contributed by atoms with Crippen LogP contribution in [0.5, 0.6) is 5.75 Å². The minimum Gasteiger partial charge on any atom is -0.497 e. The van der Waals surface area contributed by atoms with Crippen molar-refractivity contribution in [2.45, 2.75) is 19.4 Å². The van der Waals surface area contributed by atoms with E-state index < -0.39 is 5.54 Å². The largest absolute Gasteiger partial charge is 0.497 e. The van der Waals surface area contributed by atoms with Crippen LogP contribution in [-0.4, -0.2) is 37.7 Å². The molecule has 1 unspecified atom stereocenters. The Kier molecular flexibility index (Phi) is 5.20. The van der Waals surface area contributed by atoms with E-state index in [1.54, 1.807) is 13.2 Å². The van der Waals surface area contributed by atoms with Gasteiger partial charge in [-0.1, -0.05) is 44.2 Å². The van der Waals surface area contributed by atoms with Gasteiger partial charge in [-0.2, -0.15) is 0 Å². The lowest BCUT2D eigenvalue weighted by molar-refractivity contribution is -0.120. The fourth-order valence-corrected chi connectivity index (χ4v) is 4.37. The summed E-state index contributed by atoms with van der Waals surface area (Å²) in [6, 6.07) is 15.9. The Morgan fingerprint density at radius 2 is 1.87 bits per heavy atom. The summed E-state index contributed by atoms with van der Waals surface area (Å²) < 4.78 is 5.29. The number of fused-ring (bicyclic) bond motifs is 1. The predicted octanol–water partition coefficient (Wildman–Crippen LogP) is 3.84. The molecular formula is C25H27N3O2. The second kappa shape index (κ2) is 7.82. The number of benzene rings is 2. The molecule has 4 rings (SSSR count). The van der Waals surface area contributed by atoms with Gasteiger partial charge in [-0.25, -0.2) is 0 Å². The van der Waals surface area contributed by atoms with Crippen molar-refractivity contribution in [2.24, 2.45) is 16.6 Å². The van der Waals surface area contributed by atoms with E-state index in [1.807, 2.05) is 48.7 Å². The monoisotopic (exact) mass is 401 g/mol. The van der Waals surface area contributed by atoms with Gasteiger partial charge in [0.25, 0.3) is 0 Å². The highest BCUT2D eigenvalue weighted by atomic mass is 16.5. The SMILES string of the molecule is COc1ccc(C2=CC(C(C)C)(N3CCN=Cc4ccccc43)C(=O)C(N)=C2)cc1. The molecule has 2 aromatic carbocycles. The first-order valence-corrected chi connectivity index (χ1v) is 10.2. The number of Topliss-reactive ketones (excluding diaryl/α,β-unsaturated/α-hetero) is 1. The number of ether oxygens (including phenoxy) is 1. The number of aliphatic imine (C=N–C) groups is 1. The molecule has 1 aliphatic heterocycles. The number of nitrogens with zero attached hydrogens (tertiary/aromatic N) is 2. The number of anilines is 1. The molecule has 2 aromatic rings. The van der Waals surface area contributed by atoms with Crippen LogP contribution in [0.1, 0.15) is 25.0 Å². The quantitative estimate of drug-likeness (QED) is 0.845. The molecular weight excluding hydrogens is 374 g/mol. The maximum absolute atomic E-state index is 13.6. The lowest BCUT2D eigenvalue weighted by atomic mass is 9.74. The second-order valence-electron chi connectivity index (χ2n) is 7.98. The van der Waals surface area contributed by atoms with E-state index in [2.05, 4.69) is 35.9 Å².